The van der Waals surface area contributed by atoms with Crippen LogP contribution in [0.4, 0.5) is 0 Å². The van der Waals surface area contributed by atoms with Crippen molar-refractivity contribution in [3.05, 3.63) is 12.8 Å². The summed E-state index contributed by atoms with van der Waals surface area (Å²) in [6.45, 7) is 5.79. The van der Waals surface area contributed by atoms with Crippen molar-refractivity contribution in [2.45, 2.75) is 6.92 Å². The fraction of sp³-hybridized carbons (Fsp3) is 0.667. The molecule has 1 N–H and O–H groups in total. The van der Waals surface area contributed by atoms with Gasteiger partial charge in [-0.3, -0.25) is 0 Å². The lowest BCUT2D eigenvalue weighted by molar-refractivity contribution is 1.34. The van der Waals surface area contributed by atoms with Gasteiger partial charge in [-0.25, -0.2) is 0 Å². The summed E-state index contributed by atoms with van der Waals surface area (Å²) in [5.74, 6) is 1.21. The zero-order chi connectivity index (χ0) is 6.62. The second kappa shape index (κ2) is 3.02. The lowest BCUT2D eigenvalue weighted by atomic mass is 11.0. The Kier molecular flexibility index (Phi) is 2.98. The molecule has 0 heterocycles. The molecular weight excluding hydrogens is 118 g/mol. The van der Waals surface area contributed by atoms with Crippen molar-refractivity contribution in [2.75, 3.05) is 18.3 Å². The van der Waals surface area contributed by atoms with E-state index in [0.29, 0.717) is 0 Å². The molecule has 0 unspecified atom stereocenters. The fourth-order valence-corrected chi connectivity index (χ4v) is 0.927. The molecule has 0 aliphatic heterocycles. The molecule has 0 amide bonds. The van der Waals surface area contributed by atoms with E-state index in [0.717, 1.165) is 0 Å². The Hall–Kier alpha value is -0.110. The first kappa shape index (κ1) is 7.89. The Morgan fingerprint density at radius 2 is 2.12 bits per heavy atom. The van der Waals surface area contributed by atoms with Gasteiger partial charge in [0.05, 0.1) is 0 Å². The van der Waals surface area contributed by atoms with Crippen LogP contribution in [0.1, 0.15) is 6.92 Å². The van der Waals surface area contributed by atoms with Crippen molar-refractivity contribution in [1.82, 2.24) is 4.72 Å². The molecule has 0 aromatic rings. The molecule has 0 aromatic heterocycles. The Morgan fingerprint density at radius 1 is 1.62 bits per heavy atom. The molecule has 0 rings (SSSR count). The average Bonchev–Trinajstić information content (AvgIpc) is 1.67. The minimum Gasteiger partial charge on any atom is -0.355 e. The van der Waals surface area contributed by atoms with Gasteiger partial charge in [-0.05, 0) is 24.5 Å². The first-order chi connectivity index (χ1) is 3.62. The highest BCUT2D eigenvalue weighted by molar-refractivity contribution is 8.31. The first-order valence-electron chi connectivity index (χ1n) is 2.71. The SMILES string of the molecule is C=CNS(C)(C)CC. The maximum atomic E-state index is 3.60. The minimum absolute atomic E-state index is 0.538. The molecule has 0 atom stereocenters. The summed E-state index contributed by atoms with van der Waals surface area (Å²) in [6, 6.07) is 0. The number of rotatable bonds is 3. The Labute approximate surface area is 53.6 Å². The topological polar surface area (TPSA) is 12.0 Å². The summed E-state index contributed by atoms with van der Waals surface area (Å²) in [7, 11) is -0.538. The predicted molar refractivity (Wildman–Crippen MR) is 43.3 cm³/mol. The van der Waals surface area contributed by atoms with Gasteiger partial charge in [-0.2, -0.15) is 10.2 Å². The largest absolute Gasteiger partial charge is 0.355 e. The van der Waals surface area contributed by atoms with Gasteiger partial charge in [0.2, 0.25) is 0 Å². The first-order valence-corrected chi connectivity index (χ1v) is 5.33. The number of hydrogen-bond donors (Lipinski definition) is 1. The van der Waals surface area contributed by atoms with Gasteiger partial charge in [0, 0.05) is 0 Å². The maximum absolute atomic E-state index is 3.60. The van der Waals surface area contributed by atoms with Crippen molar-refractivity contribution >= 4 is 10.2 Å². The lowest BCUT2D eigenvalue weighted by Crippen LogP contribution is -2.13. The third-order valence-electron chi connectivity index (χ3n) is 1.12. The molecule has 50 valence electrons. The average molecular weight is 133 g/mol. The van der Waals surface area contributed by atoms with Gasteiger partial charge < -0.3 is 4.72 Å². The van der Waals surface area contributed by atoms with Crippen molar-refractivity contribution in [3.63, 3.8) is 0 Å². The van der Waals surface area contributed by atoms with Gasteiger partial charge in [0.25, 0.3) is 0 Å². The van der Waals surface area contributed by atoms with Crippen LogP contribution in [0.2, 0.25) is 0 Å². The zero-order valence-electron chi connectivity index (χ0n) is 5.90. The predicted octanol–water partition coefficient (Wildman–Crippen LogP) is 1.72. The zero-order valence-corrected chi connectivity index (χ0v) is 6.72. The molecule has 0 aliphatic carbocycles. The Morgan fingerprint density at radius 3 is 2.25 bits per heavy atom. The van der Waals surface area contributed by atoms with E-state index in [2.05, 4.69) is 30.7 Å². The standard InChI is InChI=1S/C6H15NS/c1-5-7-8(3,4)6-2/h5,7H,1,6H2,2-4H3. The highest BCUT2D eigenvalue weighted by Crippen LogP contribution is 2.32. The molecule has 0 radical (unpaired) electrons. The van der Waals surface area contributed by atoms with Crippen LogP contribution in [-0.4, -0.2) is 18.3 Å². The van der Waals surface area contributed by atoms with Crippen LogP contribution >= 0.6 is 10.2 Å². The van der Waals surface area contributed by atoms with Crippen LogP contribution in [0.25, 0.3) is 0 Å². The third kappa shape index (κ3) is 2.97. The van der Waals surface area contributed by atoms with E-state index < -0.39 is 10.2 Å². The van der Waals surface area contributed by atoms with Crippen LogP contribution in [0, 0.1) is 0 Å². The Balaban J connectivity index is 3.53. The van der Waals surface area contributed by atoms with Crippen molar-refractivity contribution in [3.8, 4) is 0 Å². The van der Waals surface area contributed by atoms with Crippen LogP contribution in [-0.2, 0) is 0 Å². The van der Waals surface area contributed by atoms with E-state index >= 15 is 0 Å². The number of hydrogen-bond acceptors (Lipinski definition) is 1. The van der Waals surface area contributed by atoms with Crippen LogP contribution in [0.15, 0.2) is 12.8 Å². The minimum atomic E-state index is -0.538. The molecule has 0 saturated carbocycles. The van der Waals surface area contributed by atoms with Crippen LogP contribution in [0.3, 0.4) is 0 Å². The molecule has 0 aromatic carbocycles. The molecular formula is C6H15NS. The Bertz CT molecular complexity index is 78.6. The molecule has 0 spiro atoms. The lowest BCUT2D eigenvalue weighted by Gasteiger charge is -2.29. The fourth-order valence-electron chi connectivity index (χ4n) is 0.309. The summed E-state index contributed by atoms with van der Waals surface area (Å²) in [4.78, 5) is 0. The van der Waals surface area contributed by atoms with Gasteiger partial charge >= 0.3 is 0 Å². The van der Waals surface area contributed by atoms with E-state index in [1.54, 1.807) is 6.20 Å². The summed E-state index contributed by atoms with van der Waals surface area (Å²) in [5, 5.41) is 0. The summed E-state index contributed by atoms with van der Waals surface area (Å²) in [6.07, 6.45) is 6.24. The van der Waals surface area contributed by atoms with Crippen molar-refractivity contribution in [2.24, 2.45) is 0 Å². The third-order valence-corrected chi connectivity index (χ3v) is 3.37. The van der Waals surface area contributed by atoms with E-state index in [9.17, 15) is 0 Å². The summed E-state index contributed by atoms with van der Waals surface area (Å²) < 4.78 is 3.22. The van der Waals surface area contributed by atoms with Crippen molar-refractivity contribution < 1.29 is 0 Å². The van der Waals surface area contributed by atoms with Gasteiger partial charge in [0.15, 0.2) is 0 Å². The van der Waals surface area contributed by atoms with Gasteiger partial charge in [-0.1, -0.05) is 13.5 Å². The molecule has 0 aliphatic rings. The van der Waals surface area contributed by atoms with E-state index in [-0.39, 0.29) is 0 Å². The molecule has 1 nitrogen and oxygen atoms in total. The maximum Gasteiger partial charge on any atom is -0.00159 e. The highest BCUT2D eigenvalue weighted by Gasteiger charge is 2.02. The highest BCUT2D eigenvalue weighted by atomic mass is 32.3. The van der Waals surface area contributed by atoms with Gasteiger partial charge in [-0.15, -0.1) is 0 Å². The monoisotopic (exact) mass is 133 g/mol. The quantitative estimate of drug-likeness (QED) is 0.618. The molecule has 0 fully saturated rings. The van der Waals surface area contributed by atoms with Crippen LogP contribution in [0.5, 0.6) is 0 Å². The van der Waals surface area contributed by atoms with Crippen LogP contribution < -0.4 is 4.72 Å². The second-order valence-corrected chi connectivity index (χ2v) is 6.04. The van der Waals surface area contributed by atoms with Gasteiger partial charge in [0.1, 0.15) is 0 Å². The van der Waals surface area contributed by atoms with E-state index in [4.69, 9.17) is 0 Å². The summed E-state index contributed by atoms with van der Waals surface area (Å²) in [5.41, 5.74) is 0. The molecule has 0 saturated heterocycles. The normalized spacial score (nSPS) is 12.9. The van der Waals surface area contributed by atoms with Crippen molar-refractivity contribution in [1.29, 1.82) is 0 Å². The smallest absolute Gasteiger partial charge is 0.00159 e. The molecule has 0 bridgehead atoms. The molecule has 8 heavy (non-hydrogen) atoms. The van der Waals surface area contributed by atoms with E-state index in [1.165, 1.54) is 5.75 Å². The molecule has 2 heteroatoms. The van der Waals surface area contributed by atoms with E-state index in [1.807, 2.05) is 0 Å². The second-order valence-electron chi connectivity index (χ2n) is 2.15. The summed E-state index contributed by atoms with van der Waals surface area (Å²) >= 11 is 0. The number of nitrogens with one attached hydrogen (secondary N) is 1.